The molecule has 0 aliphatic rings. The zero-order valence-electron chi connectivity index (χ0n) is 11.0. The SMILES string of the molecule is CC(C#N)CNS(=O)(=O)c1ccc(CCC(=O)O)cc1. The van der Waals surface area contributed by atoms with Crippen molar-refractivity contribution in [2.45, 2.75) is 24.7 Å². The van der Waals surface area contributed by atoms with Crippen LogP contribution >= 0.6 is 0 Å². The molecule has 0 aliphatic carbocycles. The molecule has 0 aromatic heterocycles. The Morgan fingerprint density at radius 2 is 2.00 bits per heavy atom. The van der Waals surface area contributed by atoms with Gasteiger partial charge in [-0.05, 0) is 31.0 Å². The monoisotopic (exact) mass is 296 g/mol. The summed E-state index contributed by atoms with van der Waals surface area (Å²) >= 11 is 0. The third-order valence-corrected chi connectivity index (χ3v) is 4.10. The van der Waals surface area contributed by atoms with E-state index in [1.54, 1.807) is 19.1 Å². The van der Waals surface area contributed by atoms with E-state index in [2.05, 4.69) is 4.72 Å². The highest BCUT2D eigenvalue weighted by atomic mass is 32.2. The van der Waals surface area contributed by atoms with Crippen molar-refractivity contribution in [1.29, 1.82) is 5.26 Å². The van der Waals surface area contributed by atoms with Gasteiger partial charge in [0.1, 0.15) is 0 Å². The maximum Gasteiger partial charge on any atom is 0.303 e. The smallest absolute Gasteiger partial charge is 0.303 e. The molecule has 1 unspecified atom stereocenters. The standard InChI is InChI=1S/C13H16N2O4S/c1-10(8-14)9-15-20(18,19)12-5-2-11(3-6-12)4-7-13(16)17/h2-3,5-6,10,15H,4,7,9H2,1H3,(H,16,17). The van der Waals surface area contributed by atoms with E-state index in [4.69, 9.17) is 10.4 Å². The zero-order chi connectivity index (χ0) is 15.2. The number of aliphatic carboxylic acids is 1. The van der Waals surface area contributed by atoms with Crippen LogP contribution in [0.1, 0.15) is 18.9 Å². The molecule has 2 N–H and O–H groups in total. The Bertz CT molecular complexity index is 602. The van der Waals surface area contributed by atoms with Crippen LogP contribution in [0.2, 0.25) is 0 Å². The van der Waals surface area contributed by atoms with Gasteiger partial charge in [-0.2, -0.15) is 5.26 Å². The fourth-order valence-electron chi connectivity index (χ4n) is 1.45. The first-order valence-corrected chi connectivity index (χ1v) is 7.53. The van der Waals surface area contributed by atoms with Gasteiger partial charge < -0.3 is 5.11 Å². The number of carbonyl (C=O) groups is 1. The van der Waals surface area contributed by atoms with Crippen molar-refractivity contribution in [2.75, 3.05) is 6.54 Å². The fourth-order valence-corrected chi connectivity index (χ4v) is 2.58. The van der Waals surface area contributed by atoms with Crippen molar-refractivity contribution in [3.8, 4) is 6.07 Å². The maximum atomic E-state index is 11.9. The molecule has 0 aliphatic heterocycles. The summed E-state index contributed by atoms with van der Waals surface area (Å²) in [5.41, 5.74) is 0.761. The van der Waals surface area contributed by atoms with E-state index in [9.17, 15) is 13.2 Å². The molecule has 0 spiro atoms. The molecule has 0 saturated carbocycles. The predicted molar refractivity (Wildman–Crippen MR) is 72.4 cm³/mol. The van der Waals surface area contributed by atoms with Gasteiger partial charge in [-0.25, -0.2) is 13.1 Å². The number of rotatable bonds is 7. The van der Waals surface area contributed by atoms with Crippen molar-refractivity contribution in [2.24, 2.45) is 5.92 Å². The summed E-state index contributed by atoms with van der Waals surface area (Å²) in [4.78, 5) is 10.5. The van der Waals surface area contributed by atoms with Crippen LogP contribution in [-0.2, 0) is 21.2 Å². The Morgan fingerprint density at radius 3 is 2.50 bits per heavy atom. The second kappa shape index (κ2) is 7.03. The van der Waals surface area contributed by atoms with Crippen LogP contribution in [0.5, 0.6) is 0 Å². The first-order valence-electron chi connectivity index (χ1n) is 6.05. The van der Waals surface area contributed by atoms with Crippen LogP contribution in [0.4, 0.5) is 0 Å². The predicted octanol–water partition coefficient (Wildman–Crippen LogP) is 1.14. The highest BCUT2D eigenvalue weighted by Crippen LogP contribution is 2.12. The van der Waals surface area contributed by atoms with E-state index >= 15 is 0 Å². The first-order chi connectivity index (χ1) is 9.35. The van der Waals surface area contributed by atoms with Gasteiger partial charge >= 0.3 is 5.97 Å². The number of benzene rings is 1. The molecular formula is C13H16N2O4S. The van der Waals surface area contributed by atoms with Gasteiger partial charge in [0.25, 0.3) is 0 Å². The number of carboxylic acids is 1. The molecular weight excluding hydrogens is 280 g/mol. The molecule has 20 heavy (non-hydrogen) atoms. The minimum absolute atomic E-state index is 0.00400. The van der Waals surface area contributed by atoms with Crippen LogP contribution in [0.15, 0.2) is 29.2 Å². The number of sulfonamides is 1. The van der Waals surface area contributed by atoms with Gasteiger partial charge in [0.05, 0.1) is 16.9 Å². The molecule has 1 aromatic rings. The molecule has 0 saturated heterocycles. The first kappa shape index (κ1) is 16.1. The van der Waals surface area contributed by atoms with Gasteiger partial charge in [-0.1, -0.05) is 12.1 Å². The van der Waals surface area contributed by atoms with E-state index in [0.29, 0.717) is 6.42 Å². The number of carboxylic acid groups (broad SMARTS) is 1. The molecule has 0 amide bonds. The second-order valence-electron chi connectivity index (χ2n) is 4.42. The molecule has 6 nitrogen and oxygen atoms in total. The van der Waals surface area contributed by atoms with Crippen LogP contribution < -0.4 is 4.72 Å². The average Bonchev–Trinajstić information content (AvgIpc) is 2.43. The molecule has 1 atom stereocenters. The summed E-state index contributed by atoms with van der Waals surface area (Å²) in [5, 5.41) is 17.2. The van der Waals surface area contributed by atoms with Crippen molar-refractivity contribution in [3.05, 3.63) is 29.8 Å². The number of aryl methyl sites for hydroxylation is 1. The Balaban J connectivity index is 2.72. The summed E-state index contributed by atoms with van der Waals surface area (Å²) in [6.07, 6.45) is 0.360. The number of nitrogens with zero attached hydrogens (tertiary/aromatic N) is 1. The normalized spacial score (nSPS) is 12.6. The lowest BCUT2D eigenvalue weighted by molar-refractivity contribution is -0.136. The summed E-state index contributed by atoms with van der Waals surface area (Å²) in [6, 6.07) is 7.97. The van der Waals surface area contributed by atoms with Crippen LogP contribution in [0, 0.1) is 17.2 Å². The Hall–Kier alpha value is -1.91. The Morgan fingerprint density at radius 1 is 1.40 bits per heavy atom. The Kier molecular flexibility index (Phi) is 5.67. The molecule has 0 radical (unpaired) electrons. The lowest BCUT2D eigenvalue weighted by Gasteiger charge is -2.08. The molecule has 0 heterocycles. The van der Waals surface area contributed by atoms with E-state index in [-0.39, 0.29) is 17.9 Å². The van der Waals surface area contributed by atoms with Gasteiger partial charge in [0.2, 0.25) is 10.0 Å². The zero-order valence-corrected chi connectivity index (χ0v) is 11.9. The molecule has 1 rings (SSSR count). The second-order valence-corrected chi connectivity index (χ2v) is 6.19. The van der Waals surface area contributed by atoms with Gasteiger partial charge in [-0.15, -0.1) is 0 Å². The highest BCUT2D eigenvalue weighted by Gasteiger charge is 2.14. The summed E-state index contributed by atoms with van der Waals surface area (Å²) in [6.45, 7) is 1.68. The molecule has 0 bridgehead atoms. The number of hydrogen-bond acceptors (Lipinski definition) is 4. The van der Waals surface area contributed by atoms with Gasteiger partial charge in [0.15, 0.2) is 0 Å². The number of nitriles is 1. The molecule has 1 aromatic carbocycles. The van der Waals surface area contributed by atoms with Crippen LogP contribution in [0.3, 0.4) is 0 Å². The third kappa shape index (κ3) is 4.99. The minimum Gasteiger partial charge on any atom is -0.481 e. The minimum atomic E-state index is -3.63. The number of nitrogens with one attached hydrogen (secondary N) is 1. The maximum absolute atomic E-state index is 11.9. The van der Waals surface area contributed by atoms with E-state index < -0.39 is 21.9 Å². The Labute approximate surface area is 118 Å². The lowest BCUT2D eigenvalue weighted by Crippen LogP contribution is -2.27. The molecule has 0 fully saturated rings. The summed E-state index contributed by atoms with van der Waals surface area (Å²) in [5.74, 6) is -1.30. The van der Waals surface area contributed by atoms with Crippen molar-refractivity contribution >= 4 is 16.0 Å². The van der Waals surface area contributed by atoms with Gasteiger partial charge in [-0.3, -0.25) is 4.79 Å². The quantitative estimate of drug-likeness (QED) is 0.784. The summed E-state index contributed by atoms with van der Waals surface area (Å²) < 4.78 is 26.2. The molecule has 7 heteroatoms. The summed E-state index contributed by atoms with van der Waals surface area (Å²) in [7, 11) is -3.63. The van der Waals surface area contributed by atoms with E-state index in [1.807, 2.05) is 6.07 Å². The van der Waals surface area contributed by atoms with Crippen molar-refractivity contribution in [3.63, 3.8) is 0 Å². The van der Waals surface area contributed by atoms with Crippen molar-refractivity contribution in [1.82, 2.24) is 4.72 Å². The highest BCUT2D eigenvalue weighted by molar-refractivity contribution is 7.89. The van der Waals surface area contributed by atoms with E-state index in [0.717, 1.165) is 5.56 Å². The average molecular weight is 296 g/mol. The van der Waals surface area contributed by atoms with Crippen molar-refractivity contribution < 1.29 is 18.3 Å². The number of hydrogen-bond donors (Lipinski definition) is 2. The molecule has 108 valence electrons. The van der Waals surface area contributed by atoms with Crippen LogP contribution in [-0.4, -0.2) is 26.0 Å². The van der Waals surface area contributed by atoms with Gasteiger partial charge in [0, 0.05) is 13.0 Å². The fraction of sp³-hybridized carbons (Fsp3) is 0.385. The lowest BCUT2D eigenvalue weighted by atomic mass is 10.1. The van der Waals surface area contributed by atoms with E-state index in [1.165, 1.54) is 12.1 Å². The largest absolute Gasteiger partial charge is 0.481 e. The topological polar surface area (TPSA) is 107 Å². The third-order valence-electron chi connectivity index (χ3n) is 2.66. The van der Waals surface area contributed by atoms with Crippen LogP contribution in [0.25, 0.3) is 0 Å².